The molecule has 0 saturated heterocycles. The zero-order chi connectivity index (χ0) is 14.5. The number of rotatable bonds is 6. The molecule has 0 unspecified atom stereocenters. The van der Waals surface area contributed by atoms with Crippen molar-refractivity contribution in [3.05, 3.63) is 29.8 Å². The van der Waals surface area contributed by atoms with E-state index in [9.17, 15) is 8.42 Å². The second kappa shape index (κ2) is 6.23. The van der Waals surface area contributed by atoms with Crippen molar-refractivity contribution in [3.8, 4) is 12.3 Å². The quantitative estimate of drug-likeness (QED) is 0.594. The summed E-state index contributed by atoms with van der Waals surface area (Å²) in [6.45, 7) is 6.04. The third-order valence-corrected chi connectivity index (χ3v) is 4.23. The monoisotopic (exact) mass is 280 g/mol. The highest BCUT2D eigenvalue weighted by Gasteiger charge is 2.20. The molecule has 0 bridgehead atoms. The Morgan fingerprint density at radius 1 is 1.26 bits per heavy atom. The van der Waals surface area contributed by atoms with E-state index in [1.54, 1.807) is 24.3 Å². The highest BCUT2D eigenvalue weighted by molar-refractivity contribution is 7.86. The Kier molecular flexibility index (Phi) is 5.16. The SMILES string of the molecule is C#CCC(C)(C)CCOS(=O)(=O)c1ccc(C)cc1. The minimum atomic E-state index is -3.67. The molecule has 0 spiro atoms. The largest absolute Gasteiger partial charge is 0.296 e. The van der Waals surface area contributed by atoms with E-state index in [0.29, 0.717) is 12.8 Å². The van der Waals surface area contributed by atoms with Gasteiger partial charge < -0.3 is 0 Å². The molecule has 0 aliphatic rings. The molecule has 0 saturated carbocycles. The van der Waals surface area contributed by atoms with Crippen molar-refractivity contribution < 1.29 is 12.6 Å². The number of benzene rings is 1. The van der Waals surface area contributed by atoms with E-state index < -0.39 is 10.1 Å². The molecule has 0 amide bonds. The van der Waals surface area contributed by atoms with E-state index in [1.165, 1.54) is 0 Å². The fourth-order valence-corrected chi connectivity index (χ4v) is 2.47. The summed E-state index contributed by atoms with van der Waals surface area (Å²) in [5.74, 6) is 2.59. The molecule has 0 fully saturated rings. The molecule has 1 rings (SSSR count). The van der Waals surface area contributed by atoms with Crippen molar-refractivity contribution in [2.75, 3.05) is 6.61 Å². The van der Waals surface area contributed by atoms with Crippen LogP contribution in [0.5, 0.6) is 0 Å². The average Bonchev–Trinajstić information content (AvgIpc) is 2.28. The maximum absolute atomic E-state index is 11.9. The van der Waals surface area contributed by atoms with Gasteiger partial charge in [0.1, 0.15) is 0 Å². The number of terminal acetylenes is 1. The van der Waals surface area contributed by atoms with Crippen LogP contribution in [0.25, 0.3) is 0 Å². The normalized spacial score (nSPS) is 12.1. The lowest BCUT2D eigenvalue weighted by Crippen LogP contribution is -2.16. The highest BCUT2D eigenvalue weighted by atomic mass is 32.2. The first kappa shape index (κ1) is 15.7. The summed E-state index contributed by atoms with van der Waals surface area (Å²) in [5.41, 5.74) is 0.895. The first-order valence-corrected chi connectivity index (χ1v) is 7.57. The van der Waals surface area contributed by atoms with E-state index in [-0.39, 0.29) is 16.9 Å². The molecule has 19 heavy (non-hydrogen) atoms. The third-order valence-electron chi connectivity index (χ3n) is 2.91. The Hall–Kier alpha value is -1.31. The number of hydrogen-bond acceptors (Lipinski definition) is 3. The summed E-state index contributed by atoms with van der Waals surface area (Å²) < 4.78 is 28.9. The molecule has 0 atom stereocenters. The second-order valence-corrected chi connectivity index (χ2v) is 7.00. The Morgan fingerprint density at radius 2 is 1.84 bits per heavy atom. The van der Waals surface area contributed by atoms with Gasteiger partial charge in [0.2, 0.25) is 0 Å². The van der Waals surface area contributed by atoms with Crippen LogP contribution in [0.2, 0.25) is 0 Å². The van der Waals surface area contributed by atoms with E-state index >= 15 is 0 Å². The van der Waals surface area contributed by atoms with E-state index in [4.69, 9.17) is 10.6 Å². The smallest absolute Gasteiger partial charge is 0.266 e. The van der Waals surface area contributed by atoms with Crippen LogP contribution in [0.1, 0.15) is 32.3 Å². The lowest BCUT2D eigenvalue weighted by atomic mass is 9.86. The van der Waals surface area contributed by atoms with Crippen LogP contribution >= 0.6 is 0 Å². The standard InChI is InChI=1S/C15H20O3S/c1-5-10-15(3,4)11-12-18-19(16,17)14-8-6-13(2)7-9-14/h1,6-9H,10-12H2,2-4H3. The minimum Gasteiger partial charge on any atom is -0.266 e. The summed E-state index contributed by atoms with van der Waals surface area (Å²) >= 11 is 0. The van der Waals surface area contributed by atoms with Gasteiger partial charge in [0, 0.05) is 6.42 Å². The zero-order valence-electron chi connectivity index (χ0n) is 11.6. The molecule has 4 heteroatoms. The van der Waals surface area contributed by atoms with Crippen molar-refractivity contribution >= 4 is 10.1 Å². The van der Waals surface area contributed by atoms with E-state index in [0.717, 1.165) is 5.56 Å². The predicted octanol–water partition coefficient (Wildman–Crippen LogP) is 3.14. The summed E-state index contributed by atoms with van der Waals surface area (Å²) in [5, 5.41) is 0. The van der Waals surface area contributed by atoms with Gasteiger partial charge in [-0.1, -0.05) is 31.5 Å². The number of aryl methyl sites for hydroxylation is 1. The molecule has 0 radical (unpaired) electrons. The maximum atomic E-state index is 11.9. The van der Waals surface area contributed by atoms with Gasteiger partial charge in [-0.15, -0.1) is 12.3 Å². The van der Waals surface area contributed by atoms with Crippen molar-refractivity contribution in [3.63, 3.8) is 0 Å². The highest BCUT2D eigenvalue weighted by Crippen LogP contribution is 2.25. The van der Waals surface area contributed by atoms with Crippen LogP contribution in [0.4, 0.5) is 0 Å². The molecule has 1 aromatic carbocycles. The Labute approximate surface area is 116 Å². The Balaban J connectivity index is 2.62. The summed E-state index contributed by atoms with van der Waals surface area (Å²) in [6, 6.07) is 6.60. The Morgan fingerprint density at radius 3 is 2.37 bits per heavy atom. The number of hydrogen-bond donors (Lipinski definition) is 0. The molecule has 0 aromatic heterocycles. The van der Waals surface area contributed by atoms with Gasteiger partial charge in [0.05, 0.1) is 11.5 Å². The van der Waals surface area contributed by atoms with Crippen molar-refractivity contribution in [1.82, 2.24) is 0 Å². The Bertz CT molecular complexity index is 548. The predicted molar refractivity (Wildman–Crippen MR) is 76.2 cm³/mol. The van der Waals surface area contributed by atoms with Crippen molar-refractivity contribution in [2.24, 2.45) is 5.41 Å². The molecule has 1 aromatic rings. The summed E-state index contributed by atoms with van der Waals surface area (Å²) in [4.78, 5) is 0.188. The van der Waals surface area contributed by atoms with Gasteiger partial charge in [-0.25, -0.2) is 0 Å². The molecule has 0 N–H and O–H groups in total. The van der Waals surface area contributed by atoms with E-state index in [2.05, 4.69) is 5.92 Å². The fraction of sp³-hybridized carbons (Fsp3) is 0.467. The van der Waals surface area contributed by atoms with Crippen LogP contribution in [0.3, 0.4) is 0 Å². The molecular weight excluding hydrogens is 260 g/mol. The van der Waals surface area contributed by atoms with Gasteiger partial charge >= 0.3 is 0 Å². The van der Waals surface area contributed by atoms with Crippen LogP contribution < -0.4 is 0 Å². The maximum Gasteiger partial charge on any atom is 0.296 e. The second-order valence-electron chi connectivity index (χ2n) is 5.38. The van der Waals surface area contributed by atoms with E-state index in [1.807, 2.05) is 20.8 Å². The topological polar surface area (TPSA) is 43.4 Å². The van der Waals surface area contributed by atoms with Crippen molar-refractivity contribution in [1.29, 1.82) is 0 Å². The van der Waals surface area contributed by atoms with Crippen molar-refractivity contribution in [2.45, 2.75) is 38.5 Å². The lowest BCUT2D eigenvalue weighted by Gasteiger charge is -2.21. The molecule has 0 aliphatic carbocycles. The molecule has 3 nitrogen and oxygen atoms in total. The molecule has 104 valence electrons. The lowest BCUT2D eigenvalue weighted by molar-refractivity contribution is 0.236. The first-order valence-electron chi connectivity index (χ1n) is 6.16. The fourth-order valence-electron chi connectivity index (χ4n) is 1.57. The van der Waals surface area contributed by atoms with Gasteiger partial charge in [0.25, 0.3) is 10.1 Å². The molecule has 0 aliphatic heterocycles. The first-order chi connectivity index (χ1) is 8.77. The summed E-state index contributed by atoms with van der Waals surface area (Å²) in [7, 11) is -3.67. The van der Waals surface area contributed by atoms with Crippen LogP contribution in [-0.2, 0) is 14.3 Å². The van der Waals surface area contributed by atoms with Gasteiger partial charge in [-0.2, -0.15) is 8.42 Å². The minimum absolute atomic E-state index is 0.114. The molecule has 0 heterocycles. The average molecular weight is 280 g/mol. The molecular formula is C15H20O3S. The van der Waals surface area contributed by atoms with Crippen LogP contribution in [0.15, 0.2) is 29.2 Å². The summed E-state index contributed by atoms with van der Waals surface area (Å²) in [6.07, 6.45) is 6.47. The van der Waals surface area contributed by atoms with Gasteiger partial charge in [0.15, 0.2) is 0 Å². The van der Waals surface area contributed by atoms with Gasteiger partial charge in [-0.3, -0.25) is 4.18 Å². The van der Waals surface area contributed by atoms with Crippen LogP contribution in [0, 0.1) is 24.7 Å². The zero-order valence-corrected chi connectivity index (χ0v) is 12.5. The van der Waals surface area contributed by atoms with Gasteiger partial charge in [-0.05, 0) is 30.9 Å². The van der Waals surface area contributed by atoms with Crippen LogP contribution in [-0.4, -0.2) is 15.0 Å². The third kappa shape index (κ3) is 5.06.